The fourth-order valence-electron chi connectivity index (χ4n) is 6.09. The number of aromatic nitrogens is 6. The van der Waals surface area contributed by atoms with Crippen LogP contribution in [0.25, 0.3) is 38.5 Å². The third kappa shape index (κ3) is 6.38. The number of H-pyrrole nitrogens is 1. The molecule has 7 rings (SSSR count). The van der Waals surface area contributed by atoms with Crippen LogP contribution in [0.4, 0.5) is 0 Å². The van der Waals surface area contributed by atoms with E-state index < -0.39 is 15.9 Å². The average Bonchev–Trinajstić information content (AvgIpc) is 3.83. The first-order valence-corrected chi connectivity index (χ1v) is 17.0. The van der Waals surface area contributed by atoms with Crippen molar-refractivity contribution in [3.8, 4) is 5.69 Å². The predicted octanol–water partition coefficient (Wildman–Crippen LogP) is 5.65. The van der Waals surface area contributed by atoms with Crippen molar-refractivity contribution in [1.29, 1.82) is 0 Å². The Labute approximate surface area is 271 Å². The third-order valence-corrected chi connectivity index (χ3v) is 9.27. The summed E-state index contributed by atoms with van der Waals surface area (Å²) in [7, 11) is -4.15. The maximum atomic E-state index is 13.3. The molecule has 238 valence electrons. The Morgan fingerprint density at radius 1 is 1.00 bits per heavy atom. The van der Waals surface area contributed by atoms with Gasteiger partial charge in [-0.15, -0.1) is 0 Å². The van der Waals surface area contributed by atoms with Gasteiger partial charge in [0.1, 0.15) is 11.6 Å². The van der Waals surface area contributed by atoms with Gasteiger partial charge in [0.15, 0.2) is 0 Å². The fraction of sp³-hybridized carbons (Fsp3) is 0.200. The van der Waals surface area contributed by atoms with Crippen LogP contribution in [0.15, 0.2) is 97.6 Å². The van der Waals surface area contributed by atoms with Crippen LogP contribution >= 0.6 is 0 Å². The van der Waals surface area contributed by atoms with Crippen LogP contribution < -0.4 is 5.32 Å². The first-order valence-electron chi connectivity index (χ1n) is 15.4. The summed E-state index contributed by atoms with van der Waals surface area (Å²) in [6, 6.07) is 25.6. The van der Waals surface area contributed by atoms with Crippen LogP contribution in [0.1, 0.15) is 46.8 Å². The highest BCUT2D eigenvalue weighted by atomic mass is 32.2. The van der Waals surface area contributed by atoms with Gasteiger partial charge in [0.2, 0.25) is 0 Å². The summed E-state index contributed by atoms with van der Waals surface area (Å²) in [5, 5.41) is 5.38. The third-order valence-electron chi connectivity index (χ3n) is 8.47. The molecular weight excluding hydrogens is 614 g/mol. The summed E-state index contributed by atoms with van der Waals surface area (Å²) in [5.74, 6) is 0.461. The number of nitrogens with zero attached hydrogens (tertiary/aromatic N) is 5. The van der Waals surface area contributed by atoms with Crippen LogP contribution in [0.3, 0.4) is 0 Å². The zero-order chi connectivity index (χ0) is 32.5. The van der Waals surface area contributed by atoms with Crippen molar-refractivity contribution in [3.05, 3.63) is 120 Å². The van der Waals surface area contributed by atoms with E-state index in [-0.39, 0.29) is 24.8 Å². The largest absolute Gasteiger partial charge is 0.352 e. The highest BCUT2D eigenvalue weighted by Crippen LogP contribution is 2.29. The van der Waals surface area contributed by atoms with Crippen molar-refractivity contribution in [2.45, 2.75) is 32.2 Å². The summed E-state index contributed by atoms with van der Waals surface area (Å²) >= 11 is 0. The molecule has 1 unspecified atom stereocenters. The molecule has 0 saturated heterocycles. The van der Waals surface area contributed by atoms with Crippen molar-refractivity contribution in [3.63, 3.8) is 0 Å². The molecule has 0 aliphatic heterocycles. The van der Waals surface area contributed by atoms with Gasteiger partial charge in [-0.1, -0.05) is 42.5 Å². The van der Waals surface area contributed by atoms with Gasteiger partial charge in [0.25, 0.3) is 16.0 Å². The Bertz CT molecular complexity index is 2340. The van der Waals surface area contributed by atoms with E-state index in [4.69, 9.17) is 9.97 Å². The first-order chi connectivity index (χ1) is 22.7. The fourth-order valence-corrected chi connectivity index (χ4v) is 6.59. The van der Waals surface area contributed by atoms with E-state index in [0.29, 0.717) is 41.2 Å². The standard InChI is InChI=1S/C35H33N7O4S/c1-23(33-38-29-13-11-27(21-31(29)39-33)41-18-16-36-22-41)34-40-30-12-10-26(20-32(30)42(34)17-5-19-47(44,45)46)35(43)37-15-14-25-8-4-7-24-6-2-3-9-28(24)25/h2-4,6-13,16,18,20-23H,5,14-15,17,19H2,1H3,(H,37,43)(H,38,39)(H,44,45,46). The van der Waals surface area contributed by atoms with Crippen molar-refractivity contribution >= 4 is 48.9 Å². The minimum atomic E-state index is -4.15. The molecule has 0 aliphatic carbocycles. The van der Waals surface area contributed by atoms with Crippen molar-refractivity contribution in [1.82, 2.24) is 34.4 Å². The van der Waals surface area contributed by atoms with E-state index in [2.05, 4.69) is 39.6 Å². The number of aromatic amines is 1. The number of hydrogen-bond acceptors (Lipinski definition) is 6. The number of carbonyl (C=O) groups excluding carboxylic acids is 1. The topological polar surface area (TPSA) is 148 Å². The summed E-state index contributed by atoms with van der Waals surface area (Å²) < 4.78 is 36.3. The molecule has 0 saturated carbocycles. The maximum absolute atomic E-state index is 13.3. The van der Waals surface area contributed by atoms with Crippen molar-refractivity contribution in [2.24, 2.45) is 0 Å². The van der Waals surface area contributed by atoms with E-state index in [9.17, 15) is 17.8 Å². The van der Waals surface area contributed by atoms with E-state index in [0.717, 1.165) is 27.7 Å². The van der Waals surface area contributed by atoms with Crippen LogP contribution in [-0.4, -0.2) is 60.2 Å². The molecule has 4 aromatic carbocycles. The highest BCUT2D eigenvalue weighted by molar-refractivity contribution is 7.85. The Kier molecular flexibility index (Phi) is 8.04. The number of imidazole rings is 3. The van der Waals surface area contributed by atoms with Crippen LogP contribution in [0.5, 0.6) is 0 Å². The lowest BCUT2D eigenvalue weighted by atomic mass is 10.0. The van der Waals surface area contributed by atoms with Gasteiger partial charge in [-0.25, -0.2) is 15.0 Å². The second-order valence-electron chi connectivity index (χ2n) is 11.6. The Hall–Kier alpha value is -5.33. The Morgan fingerprint density at radius 3 is 2.66 bits per heavy atom. The van der Waals surface area contributed by atoms with Gasteiger partial charge in [0, 0.05) is 36.7 Å². The molecule has 7 aromatic rings. The molecule has 0 spiro atoms. The van der Waals surface area contributed by atoms with Gasteiger partial charge < -0.3 is 19.4 Å². The molecule has 1 amide bonds. The molecule has 0 aliphatic rings. The monoisotopic (exact) mass is 647 g/mol. The van der Waals surface area contributed by atoms with E-state index in [1.807, 2.05) is 58.7 Å². The molecule has 1 atom stereocenters. The predicted molar refractivity (Wildman–Crippen MR) is 181 cm³/mol. The number of rotatable bonds is 11. The smallest absolute Gasteiger partial charge is 0.264 e. The number of benzene rings is 4. The van der Waals surface area contributed by atoms with Gasteiger partial charge >= 0.3 is 0 Å². The van der Waals surface area contributed by atoms with E-state index in [1.54, 1.807) is 30.7 Å². The molecule has 3 heterocycles. The molecule has 47 heavy (non-hydrogen) atoms. The molecule has 11 nitrogen and oxygen atoms in total. The number of hydrogen-bond donors (Lipinski definition) is 3. The maximum Gasteiger partial charge on any atom is 0.264 e. The first kappa shape index (κ1) is 30.3. The SMILES string of the molecule is CC(c1nc2ccc(-n3ccnc3)cc2[nH]1)c1nc2ccc(C(=O)NCCc3cccc4ccccc34)cc2n1CCCS(=O)(=O)O. The lowest BCUT2D eigenvalue weighted by molar-refractivity contribution is 0.0954. The van der Waals surface area contributed by atoms with Gasteiger partial charge in [-0.3, -0.25) is 9.35 Å². The molecule has 3 aromatic heterocycles. The average molecular weight is 648 g/mol. The minimum absolute atomic E-state index is 0.167. The normalized spacial score (nSPS) is 12.6. The van der Waals surface area contributed by atoms with E-state index in [1.165, 1.54) is 5.39 Å². The van der Waals surface area contributed by atoms with Crippen molar-refractivity contribution < 1.29 is 17.8 Å². The Morgan fingerprint density at radius 2 is 1.83 bits per heavy atom. The van der Waals surface area contributed by atoms with Crippen LogP contribution in [0, 0.1) is 0 Å². The molecule has 0 fully saturated rings. The van der Waals surface area contributed by atoms with Gasteiger partial charge in [-0.05, 0) is 72.5 Å². The zero-order valence-corrected chi connectivity index (χ0v) is 26.5. The number of amides is 1. The molecule has 0 radical (unpaired) electrons. The quantitative estimate of drug-likeness (QED) is 0.154. The number of carbonyl (C=O) groups is 1. The summed E-state index contributed by atoms with van der Waals surface area (Å²) in [6.07, 6.45) is 6.18. The molecule has 0 bridgehead atoms. The minimum Gasteiger partial charge on any atom is -0.352 e. The number of aryl methyl sites for hydroxylation is 1. The van der Waals surface area contributed by atoms with Gasteiger partial charge in [-0.2, -0.15) is 8.42 Å². The second kappa shape index (κ2) is 12.5. The van der Waals surface area contributed by atoms with Crippen LogP contribution in [-0.2, 0) is 23.1 Å². The lowest BCUT2D eigenvalue weighted by Crippen LogP contribution is -2.25. The Balaban J connectivity index is 1.16. The second-order valence-corrected chi connectivity index (χ2v) is 13.2. The van der Waals surface area contributed by atoms with Crippen LogP contribution in [0.2, 0.25) is 0 Å². The molecular formula is C35H33N7O4S. The number of nitrogens with one attached hydrogen (secondary N) is 2. The number of fused-ring (bicyclic) bond motifs is 3. The van der Waals surface area contributed by atoms with Gasteiger partial charge in [0.05, 0.1) is 40.1 Å². The molecule has 3 N–H and O–H groups in total. The molecule has 12 heteroatoms. The van der Waals surface area contributed by atoms with E-state index >= 15 is 0 Å². The summed E-state index contributed by atoms with van der Waals surface area (Å²) in [4.78, 5) is 30.6. The highest BCUT2D eigenvalue weighted by Gasteiger charge is 2.23. The summed E-state index contributed by atoms with van der Waals surface area (Å²) in [5.41, 5.74) is 5.60. The lowest BCUT2D eigenvalue weighted by Gasteiger charge is -2.13. The summed E-state index contributed by atoms with van der Waals surface area (Å²) in [6.45, 7) is 2.72. The van der Waals surface area contributed by atoms with Crippen molar-refractivity contribution in [2.75, 3.05) is 12.3 Å². The zero-order valence-electron chi connectivity index (χ0n) is 25.7.